The Morgan fingerprint density at radius 3 is 1.56 bits per heavy atom. The van der Waals surface area contributed by atoms with Gasteiger partial charge in [-0.1, -0.05) is 19.4 Å². The van der Waals surface area contributed by atoms with Gasteiger partial charge in [-0.05, 0) is 18.6 Å². The van der Waals surface area contributed by atoms with E-state index in [4.69, 9.17) is 23.7 Å². The molecular weight excluding hydrogens is 435 g/mol. The second kappa shape index (κ2) is 11.0. The van der Waals surface area contributed by atoms with Crippen LogP contribution in [0.3, 0.4) is 0 Å². The summed E-state index contributed by atoms with van der Waals surface area (Å²) in [5, 5.41) is 0. The van der Waals surface area contributed by atoms with E-state index in [2.05, 4.69) is 0 Å². The van der Waals surface area contributed by atoms with Gasteiger partial charge in [0.05, 0.1) is 35.5 Å². The number of carbonyl (C=O) groups is 2. The van der Waals surface area contributed by atoms with Gasteiger partial charge < -0.3 is 28.2 Å². The van der Waals surface area contributed by atoms with Crippen molar-refractivity contribution in [1.82, 2.24) is 0 Å². The normalized spacial score (nSPS) is 12.4. The topological polar surface area (TPSA) is 97.4 Å². The Morgan fingerprint density at radius 2 is 1.19 bits per heavy atom. The first-order chi connectivity index (χ1) is 15.3. The molecule has 0 N–H and O–H groups in total. The summed E-state index contributed by atoms with van der Waals surface area (Å²) >= 11 is 0. The fourth-order valence-electron chi connectivity index (χ4n) is 3.32. The average Bonchev–Trinajstić information content (AvgIpc) is 2.84. The van der Waals surface area contributed by atoms with Crippen molar-refractivity contribution in [2.75, 3.05) is 41.7 Å². The Bertz CT molecular complexity index is 983. The van der Waals surface area contributed by atoms with Crippen LogP contribution >= 0.6 is 7.14 Å². The second-order valence-electron chi connectivity index (χ2n) is 6.87. The van der Waals surface area contributed by atoms with Gasteiger partial charge in [0.15, 0.2) is 0 Å². The quantitative estimate of drug-likeness (QED) is 0.410. The third-order valence-corrected chi connectivity index (χ3v) is 7.76. The zero-order valence-corrected chi connectivity index (χ0v) is 20.1. The molecule has 1 unspecified atom stereocenters. The Hall–Kier alpha value is -2.99. The van der Waals surface area contributed by atoms with Crippen LogP contribution in [0.1, 0.15) is 40.5 Å². The lowest BCUT2D eigenvalue weighted by atomic mass is 10.2. The van der Waals surface area contributed by atoms with E-state index < -0.39 is 18.2 Å². The van der Waals surface area contributed by atoms with Crippen LogP contribution in [0.4, 0.5) is 0 Å². The predicted octanol–water partition coefficient (Wildman–Crippen LogP) is 4.87. The molecule has 0 saturated heterocycles. The maximum atomic E-state index is 14.2. The highest BCUT2D eigenvalue weighted by Gasteiger charge is 2.45. The van der Waals surface area contributed by atoms with E-state index in [-0.39, 0.29) is 40.3 Å². The van der Waals surface area contributed by atoms with Gasteiger partial charge in [-0.2, -0.15) is 0 Å². The first-order valence-corrected chi connectivity index (χ1v) is 11.9. The predicted molar refractivity (Wildman–Crippen MR) is 122 cm³/mol. The molecule has 0 saturated carbocycles. The van der Waals surface area contributed by atoms with Gasteiger partial charge >= 0.3 is 0 Å². The number of hydrogen-bond acceptors (Lipinski definition) is 8. The van der Waals surface area contributed by atoms with Crippen molar-refractivity contribution in [3.05, 3.63) is 41.5 Å². The van der Waals surface area contributed by atoms with E-state index in [0.29, 0.717) is 18.6 Å². The van der Waals surface area contributed by atoms with Crippen LogP contribution in [0.25, 0.3) is 0 Å². The molecular formula is C23H29O8P. The van der Waals surface area contributed by atoms with Crippen molar-refractivity contribution < 1.29 is 37.8 Å². The first kappa shape index (κ1) is 25.3. The monoisotopic (exact) mass is 464 g/mol. The molecule has 2 aromatic rings. The van der Waals surface area contributed by atoms with Gasteiger partial charge in [0.1, 0.15) is 39.9 Å². The summed E-state index contributed by atoms with van der Waals surface area (Å²) in [6.45, 7) is 1.89. The van der Waals surface area contributed by atoms with Crippen molar-refractivity contribution in [2.45, 2.75) is 19.8 Å². The van der Waals surface area contributed by atoms with Crippen LogP contribution in [-0.4, -0.2) is 52.8 Å². The number of benzene rings is 2. The van der Waals surface area contributed by atoms with Gasteiger partial charge in [0.25, 0.3) is 0 Å². The SMILES string of the molecule is CCCCP(=O)(C(=O)c1c(OC)cccc1OC)C(=O)c1c(OC)cc(OC)cc1OC. The maximum absolute atomic E-state index is 14.2. The highest BCUT2D eigenvalue weighted by molar-refractivity contribution is 7.95. The fourth-order valence-corrected chi connectivity index (χ4v) is 5.83. The highest BCUT2D eigenvalue weighted by Crippen LogP contribution is 2.57. The van der Waals surface area contributed by atoms with E-state index in [9.17, 15) is 14.2 Å². The van der Waals surface area contributed by atoms with Crippen LogP contribution in [0.2, 0.25) is 0 Å². The van der Waals surface area contributed by atoms with E-state index in [1.165, 1.54) is 47.7 Å². The standard InChI is InChI=1S/C23H29O8P/c1-7-8-12-32(26,22(24)20-16(28-3)10-9-11-17(20)29-4)23(25)21-18(30-5)13-15(27-2)14-19(21)31-6/h9-11,13-14H,7-8,12H2,1-6H3. The average molecular weight is 464 g/mol. The fraction of sp³-hybridized carbons (Fsp3) is 0.391. The van der Waals surface area contributed by atoms with Crippen LogP contribution < -0.4 is 23.7 Å². The molecule has 0 amide bonds. The number of hydrogen-bond donors (Lipinski definition) is 0. The van der Waals surface area contributed by atoms with Gasteiger partial charge in [0.2, 0.25) is 18.2 Å². The van der Waals surface area contributed by atoms with Gasteiger partial charge in [-0.15, -0.1) is 0 Å². The molecule has 32 heavy (non-hydrogen) atoms. The second-order valence-corrected chi connectivity index (χ2v) is 9.61. The molecule has 1 atom stereocenters. The summed E-state index contributed by atoms with van der Waals surface area (Å²) in [4.78, 5) is 27.5. The molecule has 0 aliphatic heterocycles. The molecule has 0 aliphatic carbocycles. The summed E-state index contributed by atoms with van der Waals surface area (Å²) in [5.41, 5.74) is -1.78. The molecule has 8 nitrogen and oxygen atoms in total. The number of methoxy groups -OCH3 is 5. The Balaban J connectivity index is 2.76. The lowest BCUT2D eigenvalue weighted by Gasteiger charge is -2.21. The van der Waals surface area contributed by atoms with E-state index >= 15 is 0 Å². The number of rotatable bonds is 12. The molecule has 0 bridgehead atoms. The summed E-state index contributed by atoms with van der Waals surface area (Å²) in [6, 6.07) is 7.71. The van der Waals surface area contributed by atoms with Gasteiger partial charge in [-0.25, -0.2) is 0 Å². The zero-order chi connectivity index (χ0) is 23.9. The Morgan fingerprint density at radius 1 is 0.750 bits per heavy atom. The highest BCUT2D eigenvalue weighted by atomic mass is 31.2. The molecule has 2 rings (SSSR count). The Kier molecular flexibility index (Phi) is 8.72. The molecule has 9 heteroatoms. The molecule has 0 aromatic heterocycles. The maximum Gasteiger partial charge on any atom is 0.236 e. The van der Waals surface area contributed by atoms with E-state index in [1.54, 1.807) is 18.2 Å². The van der Waals surface area contributed by atoms with E-state index in [1.807, 2.05) is 6.92 Å². The van der Waals surface area contributed by atoms with Gasteiger partial charge in [0, 0.05) is 18.3 Å². The largest absolute Gasteiger partial charge is 0.496 e. The number of ether oxygens (including phenoxy) is 5. The first-order valence-electron chi connectivity index (χ1n) is 10.0. The lowest BCUT2D eigenvalue weighted by molar-refractivity contribution is 0.103. The molecule has 0 radical (unpaired) electrons. The van der Waals surface area contributed by atoms with Crippen molar-refractivity contribution in [3.8, 4) is 28.7 Å². The minimum atomic E-state index is -4.18. The van der Waals surface area contributed by atoms with Crippen molar-refractivity contribution in [1.29, 1.82) is 0 Å². The van der Waals surface area contributed by atoms with E-state index in [0.717, 1.165) is 0 Å². The third kappa shape index (κ3) is 4.75. The Labute approximate surface area is 188 Å². The molecule has 0 spiro atoms. The molecule has 0 aliphatic rings. The smallest absolute Gasteiger partial charge is 0.236 e. The summed E-state index contributed by atoms with van der Waals surface area (Å²) in [5.74, 6) is 0.932. The number of carbonyl (C=O) groups excluding carboxylic acids is 2. The minimum absolute atomic E-state index is 0.0308. The summed E-state index contributed by atoms with van der Waals surface area (Å²) < 4.78 is 40.8. The molecule has 174 valence electrons. The minimum Gasteiger partial charge on any atom is -0.496 e. The summed E-state index contributed by atoms with van der Waals surface area (Å²) in [7, 11) is 2.79. The molecule has 0 heterocycles. The van der Waals surface area contributed by atoms with Crippen LogP contribution in [0, 0.1) is 0 Å². The van der Waals surface area contributed by atoms with Crippen molar-refractivity contribution >= 4 is 18.2 Å². The van der Waals surface area contributed by atoms with Gasteiger partial charge in [-0.3, -0.25) is 9.59 Å². The molecule has 2 aromatic carbocycles. The van der Waals surface area contributed by atoms with Crippen molar-refractivity contribution in [3.63, 3.8) is 0 Å². The van der Waals surface area contributed by atoms with Crippen molar-refractivity contribution in [2.24, 2.45) is 0 Å². The zero-order valence-electron chi connectivity index (χ0n) is 19.2. The summed E-state index contributed by atoms with van der Waals surface area (Å²) in [6.07, 6.45) is 0.943. The number of unbranched alkanes of at least 4 members (excludes halogenated alkanes) is 1. The van der Waals surface area contributed by atoms with Crippen LogP contribution in [-0.2, 0) is 4.57 Å². The van der Waals surface area contributed by atoms with Crippen LogP contribution in [0.15, 0.2) is 30.3 Å². The third-order valence-electron chi connectivity index (χ3n) is 5.05. The molecule has 0 fully saturated rings. The lowest BCUT2D eigenvalue weighted by Crippen LogP contribution is -2.17. The van der Waals surface area contributed by atoms with Crippen LogP contribution in [0.5, 0.6) is 28.7 Å².